The molecule has 1 aromatic heterocycles. The summed E-state index contributed by atoms with van der Waals surface area (Å²) in [6.07, 6.45) is 1.38. The Hall–Kier alpha value is -1.89. The van der Waals surface area contributed by atoms with Crippen LogP contribution in [-0.4, -0.2) is 16.1 Å². The third-order valence-electron chi connectivity index (χ3n) is 2.08. The highest BCUT2D eigenvalue weighted by atomic mass is 79.9. The van der Waals surface area contributed by atoms with Crippen LogP contribution in [0.25, 0.3) is 0 Å². The van der Waals surface area contributed by atoms with Gasteiger partial charge in [-0.2, -0.15) is 5.10 Å². The Morgan fingerprint density at radius 1 is 1.53 bits per heavy atom. The Morgan fingerprint density at radius 3 is 2.88 bits per heavy atom. The monoisotopic (exact) mass is 298 g/mol. The number of nitrogens with one attached hydrogen (secondary N) is 2. The van der Waals surface area contributed by atoms with E-state index in [0.717, 1.165) is 0 Å². The van der Waals surface area contributed by atoms with Crippen molar-refractivity contribution in [3.63, 3.8) is 0 Å². The number of nitrogens with two attached hydrogens (primary N) is 1. The average molecular weight is 299 g/mol. The first-order valence-electron chi connectivity index (χ1n) is 4.63. The lowest BCUT2D eigenvalue weighted by Gasteiger charge is -2.05. The molecule has 0 aliphatic heterocycles. The van der Waals surface area contributed by atoms with Gasteiger partial charge in [0, 0.05) is 4.47 Å². The van der Waals surface area contributed by atoms with E-state index in [1.807, 2.05) is 0 Å². The van der Waals surface area contributed by atoms with Crippen molar-refractivity contribution >= 4 is 33.3 Å². The number of nitrogens with zero attached hydrogens (tertiary/aromatic N) is 1. The van der Waals surface area contributed by atoms with Crippen LogP contribution < -0.4 is 11.1 Å². The maximum absolute atomic E-state index is 12.9. The lowest BCUT2D eigenvalue weighted by Crippen LogP contribution is -2.14. The molecule has 0 saturated carbocycles. The molecule has 7 heteroatoms. The maximum Gasteiger partial charge on any atom is 0.258 e. The van der Waals surface area contributed by atoms with E-state index in [-0.39, 0.29) is 0 Å². The second-order valence-electron chi connectivity index (χ2n) is 3.28. The molecular weight excluding hydrogens is 291 g/mol. The lowest BCUT2D eigenvalue weighted by atomic mass is 10.2. The molecule has 1 amide bonds. The molecule has 2 rings (SSSR count). The minimum Gasteiger partial charge on any atom is -0.394 e. The van der Waals surface area contributed by atoms with Gasteiger partial charge < -0.3 is 11.1 Å². The fraction of sp³-hybridized carbons (Fsp3) is 0. The van der Waals surface area contributed by atoms with Gasteiger partial charge in [-0.1, -0.05) is 0 Å². The second-order valence-corrected chi connectivity index (χ2v) is 4.13. The number of carbonyl (C=O) groups excluding carboxylic acids is 1. The highest BCUT2D eigenvalue weighted by Gasteiger charge is 2.12. The predicted octanol–water partition coefficient (Wildman–Crippen LogP) is 2.15. The van der Waals surface area contributed by atoms with Crippen LogP contribution in [0.2, 0.25) is 0 Å². The summed E-state index contributed by atoms with van der Waals surface area (Å²) < 4.78 is 13.2. The van der Waals surface area contributed by atoms with E-state index >= 15 is 0 Å². The zero-order valence-corrected chi connectivity index (χ0v) is 10.1. The van der Waals surface area contributed by atoms with Crippen molar-refractivity contribution in [3.05, 3.63) is 40.2 Å². The van der Waals surface area contributed by atoms with Crippen LogP contribution in [0.4, 0.5) is 15.9 Å². The Labute approximate surface area is 104 Å². The van der Waals surface area contributed by atoms with E-state index in [1.165, 1.54) is 24.4 Å². The first-order valence-corrected chi connectivity index (χ1v) is 5.42. The van der Waals surface area contributed by atoms with Crippen LogP contribution in [0.1, 0.15) is 10.4 Å². The standard InChI is InChI=1S/C10H8BrFN4O/c11-7-3-5(12)1-2-6(7)10(17)15-9-8(13)4-14-16-9/h1-4H,13H2,(H2,14,15,16,17). The van der Waals surface area contributed by atoms with Gasteiger partial charge in [0.05, 0.1) is 17.4 Å². The Bertz CT molecular complexity index is 569. The van der Waals surface area contributed by atoms with Crippen LogP contribution in [0.3, 0.4) is 0 Å². The number of hydrogen-bond acceptors (Lipinski definition) is 3. The summed E-state index contributed by atoms with van der Waals surface area (Å²) in [5, 5.41) is 8.74. The maximum atomic E-state index is 12.9. The second kappa shape index (κ2) is 4.54. The molecule has 1 aromatic carbocycles. The minimum absolute atomic E-state index is 0.306. The van der Waals surface area contributed by atoms with E-state index < -0.39 is 11.7 Å². The molecular formula is C10H8BrFN4O. The number of amides is 1. The zero-order valence-electron chi connectivity index (χ0n) is 8.50. The molecule has 88 valence electrons. The summed E-state index contributed by atoms with van der Waals surface area (Å²) >= 11 is 3.11. The molecule has 4 N–H and O–H groups in total. The van der Waals surface area contributed by atoms with Crippen LogP contribution in [-0.2, 0) is 0 Å². The molecule has 0 aliphatic carbocycles. The van der Waals surface area contributed by atoms with Gasteiger partial charge in [-0.15, -0.1) is 0 Å². The van der Waals surface area contributed by atoms with E-state index in [9.17, 15) is 9.18 Å². The molecule has 0 fully saturated rings. The average Bonchev–Trinajstić information content (AvgIpc) is 2.64. The summed E-state index contributed by atoms with van der Waals surface area (Å²) in [4.78, 5) is 11.8. The third-order valence-corrected chi connectivity index (χ3v) is 2.74. The molecule has 0 spiro atoms. The number of benzene rings is 1. The first kappa shape index (κ1) is 11.6. The summed E-state index contributed by atoms with van der Waals surface area (Å²) in [5.74, 6) is -0.520. The number of aromatic nitrogens is 2. The Morgan fingerprint density at radius 2 is 2.29 bits per heavy atom. The fourth-order valence-corrected chi connectivity index (χ4v) is 1.78. The van der Waals surface area contributed by atoms with Gasteiger partial charge in [0.25, 0.3) is 5.91 Å². The van der Waals surface area contributed by atoms with Gasteiger partial charge in [0.2, 0.25) is 0 Å². The molecule has 5 nitrogen and oxygen atoms in total. The number of aromatic amines is 1. The zero-order chi connectivity index (χ0) is 12.4. The van der Waals surface area contributed by atoms with Gasteiger partial charge in [-0.25, -0.2) is 4.39 Å². The van der Waals surface area contributed by atoms with Crippen molar-refractivity contribution < 1.29 is 9.18 Å². The number of nitrogen functional groups attached to an aromatic ring is 1. The number of H-pyrrole nitrogens is 1. The van der Waals surface area contributed by atoms with Crippen molar-refractivity contribution in [1.29, 1.82) is 0 Å². The highest BCUT2D eigenvalue weighted by Crippen LogP contribution is 2.20. The van der Waals surface area contributed by atoms with Gasteiger partial charge in [-0.3, -0.25) is 9.89 Å². The third kappa shape index (κ3) is 2.44. The Balaban J connectivity index is 2.23. The van der Waals surface area contributed by atoms with Crippen molar-refractivity contribution in [2.24, 2.45) is 0 Å². The molecule has 0 atom stereocenters. The lowest BCUT2D eigenvalue weighted by molar-refractivity contribution is 0.102. The van der Waals surface area contributed by atoms with Crippen molar-refractivity contribution in [3.8, 4) is 0 Å². The largest absolute Gasteiger partial charge is 0.394 e. The SMILES string of the molecule is Nc1cn[nH]c1NC(=O)c1ccc(F)cc1Br. The van der Waals surface area contributed by atoms with Crippen LogP contribution in [0, 0.1) is 5.82 Å². The van der Waals surface area contributed by atoms with E-state index in [4.69, 9.17) is 5.73 Å². The topological polar surface area (TPSA) is 83.8 Å². The van der Waals surface area contributed by atoms with Crippen LogP contribution in [0.5, 0.6) is 0 Å². The van der Waals surface area contributed by atoms with E-state index in [2.05, 4.69) is 31.4 Å². The summed E-state index contributed by atoms with van der Waals surface area (Å²) in [7, 11) is 0. The van der Waals surface area contributed by atoms with E-state index in [1.54, 1.807) is 0 Å². The highest BCUT2D eigenvalue weighted by molar-refractivity contribution is 9.10. The number of anilines is 2. The predicted molar refractivity (Wildman–Crippen MR) is 65.1 cm³/mol. The van der Waals surface area contributed by atoms with Crippen molar-refractivity contribution in [2.75, 3.05) is 11.1 Å². The quantitative estimate of drug-likeness (QED) is 0.794. The molecule has 0 bridgehead atoms. The number of rotatable bonds is 2. The summed E-state index contributed by atoms with van der Waals surface area (Å²) in [5.41, 5.74) is 6.18. The molecule has 0 radical (unpaired) electrons. The number of halogens is 2. The van der Waals surface area contributed by atoms with Gasteiger partial charge in [0.1, 0.15) is 5.82 Å². The minimum atomic E-state index is -0.422. The normalized spacial score (nSPS) is 10.2. The van der Waals surface area contributed by atoms with Crippen LogP contribution >= 0.6 is 15.9 Å². The molecule has 1 heterocycles. The molecule has 0 saturated heterocycles. The molecule has 0 aliphatic rings. The van der Waals surface area contributed by atoms with Gasteiger partial charge >= 0.3 is 0 Å². The van der Waals surface area contributed by atoms with Crippen molar-refractivity contribution in [2.45, 2.75) is 0 Å². The molecule has 17 heavy (non-hydrogen) atoms. The Kier molecular flexibility index (Phi) is 3.10. The van der Waals surface area contributed by atoms with Crippen LogP contribution in [0.15, 0.2) is 28.9 Å². The molecule has 2 aromatic rings. The summed E-state index contributed by atoms with van der Waals surface area (Å²) in [6.45, 7) is 0. The molecule has 0 unspecified atom stereocenters. The number of carbonyl (C=O) groups is 1. The summed E-state index contributed by atoms with van der Waals surface area (Å²) in [6, 6.07) is 3.79. The van der Waals surface area contributed by atoms with E-state index in [0.29, 0.717) is 21.5 Å². The fourth-order valence-electron chi connectivity index (χ4n) is 1.25. The van der Waals surface area contributed by atoms with Gasteiger partial charge in [-0.05, 0) is 34.1 Å². The first-order chi connectivity index (χ1) is 8.08. The van der Waals surface area contributed by atoms with Crippen molar-refractivity contribution in [1.82, 2.24) is 10.2 Å². The smallest absolute Gasteiger partial charge is 0.258 e. The number of hydrogen-bond donors (Lipinski definition) is 3. The van der Waals surface area contributed by atoms with Gasteiger partial charge in [0.15, 0.2) is 5.82 Å².